The molecule has 0 aromatic rings. The minimum absolute atomic E-state index is 0.221. The van der Waals surface area contributed by atoms with Gasteiger partial charge in [0.2, 0.25) is 0 Å². The van der Waals surface area contributed by atoms with E-state index in [1.165, 1.54) is 0 Å². The molecule has 1 saturated carbocycles. The van der Waals surface area contributed by atoms with Crippen LogP contribution >= 0.6 is 0 Å². The molecular formula is C8H13FO2. The summed E-state index contributed by atoms with van der Waals surface area (Å²) in [4.78, 5) is 10.6. The molecule has 11 heavy (non-hydrogen) atoms. The van der Waals surface area contributed by atoms with E-state index in [0.717, 1.165) is 19.3 Å². The minimum atomic E-state index is -0.827. The summed E-state index contributed by atoms with van der Waals surface area (Å²) in [7, 11) is 0. The summed E-state index contributed by atoms with van der Waals surface area (Å²) in [5.74, 6) is -1.47. The Bertz CT molecular complexity index is 147. The lowest BCUT2D eigenvalue weighted by Crippen LogP contribution is -2.28. The average Bonchev–Trinajstić information content (AvgIpc) is 2.04. The Morgan fingerprint density at radius 3 is 2.55 bits per heavy atom. The van der Waals surface area contributed by atoms with Crippen LogP contribution in [-0.4, -0.2) is 17.8 Å². The molecule has 0 bridgehead atoms. The summed E-state index contributed by atoms with van der Waals surface area (Å²) in [5.41, 5.74) is 0. The van der Waals surface area contributed by atoms with Gasteiger partial charge in [-0.3, -0.25) is 9.18 Å². The third kappa shape index (κ3) is 1.91. The number of hydrogen-bond donors (Lipinski definition) is 1. The fourth-order valence-electron chi connectivity index (χ4n) is 1.72. The Kier molecular flexibility index (Phi) is 2.85. The van der Waals surface area contributed by atoms with Crippen molar-refractivity contribution in [3.8, 4) is 0 Å². The lowest BCUT2D eigenvalue weighted by Gasteiger charge is -2.25. The zero-order valence-electron chi connectivity index (χ0n) is 6.42. The van der Waals surface area contributed by atoms with Gasteiger partial charge in [0.05, 0.1) is 12.6 Å². The predicted molar refractivity (Wildman–Crippen MR) is 39.1 cm³/mol. The number of alkyl halides is 1. The van der Waals surface area contributed by atoms with Crippen molar-refractivity contribution in [1.82, 2.24) is 0 Å². The third-order valence-electron chi connectivity index (χ3n) is 2.42. The fourth-order valence-corrected chi connectivity index (χ4v) is 1.72. The number of carboxylic acid groups (broad SMARTS) is 1. The molecule has 1 aliphatic carbocycles. The number of carbonyl (C=O) groups is 1. The first-order valence-electron chi connectivity index (χ1n) is 4.04. The molecule has 0 spiro atoms. The first-order chi connectivity index (χ1) is 5.25. The van der Waals surface area contributed by atoms with Crippen molar-refractivity contribution in [1.29, 1.82) is 0 Å². The number of carboxylic acids is 1. The van der Waals surface area contributed by atoms with Gasteiger partial charge < -0.3 is 5.11 Å². The van der Waals surface area contributed by atoms with E-state index in [0.29, 0.717) is 6.42 Å². The highest BCUT2D eigenvalue weighted by atomic mass is 19.1. The fraction of sp³-hybridized carbons (Fsp3) is 0.875. The summed E-state index contributed by atoms with van der Waals surface area (Å²) < 4.78 is 12.2. The smallest absolute Gasteiger partial charge is 0.306 e. The first-order valence-corrected chi connectivity index (χ1v) is 4.04. The van der Waals surface area contributed by atoms with Gasteiger partial charge in [0, 0.05) is 5.92 Å². The number of halogens is 1. The van der Waals surface area contributed by atoms with Gasteiger partial charge in [-0.15, -0.1) is 0 Å². The van der Waals surface area contributed by atoms with E-state index in [1.807, 2.05) is 0 Å². The van der Waals surface area contributed by atoms with Crippen LogP contribution in [0.15, 0.2) is 0 Å². The molecule has 0 aromatic heterocycles. The van der Waals surface area contributed by atoms with E-state index in [-0.39, 0.29) is 5.92 Å². The van der Waals surface area contributed by atoms with Crippen LogP contribution in [0.1, 0.15) is 25.7 Å². The van der Waals surface area contributed by atoms with E-state index in [9.17, 15) is 9.18 Å². The molecule has 1 N–H and O–H groups in total. The molecule has 1 aliphatic rings. The molecule has 2 atom stereocenters. The van der Waals surface area contributed by atoms with Crippen molar-refractivity contribution in [2.75, 3.05) is 6.67 Å². The molecule has 64 valence electrons. The van der Waals surface area contributed by atoms with Crippen LogP contribution in [-0.2, 0) is 4.79 Å². The van der Waals surface area contributed by atoms with Crippen LogP contribution in [0.2, 0.25) is 0 Å². The highest BCUT2D eigenvalue weighted by Crippen LogP contribution is 2.30. The molecule has 2 nitrogen and oxygen atoms in total. The number of rotatable bonds is 2. The lowest BCUT2D eigenvalue weighted by atomic mass is 9.80. The van der Waals surface area contributed by atoms with E-state index < -0.39 is 18.6 Å². The summed E-state index contributed by atoms with van der Waals surface area (Å²) in [6.07, 6.45) is 3.32. The van der Waals surface area contributed by atoms with Gasteiger partial charge in [0.1, 0.15) is 0 Å². The van der Waals surface area contributed by atoms with E-state index >= 15 is 0 Å². The van der Waals surface area contributed by atoms with Gasteiger partial charge in [-0.05, 0) is 12.8 Å². The Balaban J connectivity index is 2.51. The zero-order valence-corrected chi connectivity index (χ0v) is 6.42. The number of aliphatic carboxylic acids is 1. The Hall–Kier alpha value is -0.600. The van der Waals surface area contributed by atoms with Crippen molar-refractivity contribution in [2.24, 2.45) is 11.8 Å². The quantitative estimate of drug-likeness (QED) is 0.669. The van der Waals surface area contributed by atoms with Crippen LogP contribution in [0, 0.1) is 11.8 Å². The Morgan fingerprint density at radius 1 is 1.45 bits per heavy atom. The molecule has 0 radical (unpaired) electrons. The largest absolute Gasteiger partial charge is 0.481 e. The Morgan fingerprint density at radius 2 is 2.09 bits per heavy atom. The molecule has 2 unspecified atom stereocenters. The van der Waals surface area contributed by atoms with E-state index in [2.05, 4.69) is 0 Å². The van der Waals surface area contributed by atoms with Crippen LogP contribution in [0.25, 0.3) is 0 Å². The second-order valence-electron chi connectivity index (χ2n) is 3.14. The van der Waals surface area contributed by atoms with Crippen LogP contribution < -0.4 is 0 Å². The average molecular weight is 160 g/mol. The van der Waals surface area contributed by atoms with Gasteiger partial charge in [0.15, 0.2) is 0 Å². The van der Waals surface area contributed by atoms with Gasteiger partial charge in [-0.1, -0.05) is 12.8 Å². The van der Waals surface area contributed by atoms with Gasteiger partial charge in [-0.25, -0.2) is 0 Å². The Labute approximate surface area is 65.4 Å². The van der Waals surface area contributed by atoms with Crippen LogP contribution in [0.3, 0.4) is 0 Å². The summed E-state index contributed by atoms with van der Waals surface area (Å²) in [5, 5.41) is 8.67. The molecule has 0 saturated heterocycles. The lowest BCUT2D eigenvalue weighted by molar-refractivity contribution is -0.145. The molecule has 1 fully saturated rings. The van der Waals surface area contributed by atoms with Crippen LogP contribution in [0.5, 0.6) is 0 Å². The summed E-state index contributed by atoms with van der Waals surface area (Å²) >= 11 is 0. The molecule has 0 heterocycles. The molecule has 0 aromatic carbocycles. The predicted octanol–water partition coefficient (Wildman–Crippen LogP) is 1.85. The van der Waals surface area contributed by atoms with Gasteiger partial charge in [0.25, 0.3) is 0 Å². The van der Waals surface area contributed by atoms with E-state index in [1.54, 1.807) is 0 Å². The van der Waals surface area contributed by atoms with Gasteiger partial charge >= 0.3 is 5.97 Å². The first kappa shape index (κ1) is 8.50. The molecular weight excluding hydrogens is 147 g/mol. The molecule has 3 heteroatoms. The standard InChI is InChI=1S/C8H13FO2/c9-5-6-3-1-2-4-7(6)8(10)11/h6-7H,1-5H2,(H,10,11). The zero-order chi connectivity index (χ0) is 8.27. The number of hydrogen-bond acceptors (Lipinski definition) is 1. The van der Waals surface area contributed by atoms with Crippen molar-refractivity contribution in [3.05, 3.63) is 0 Å². The van der Waals surface area contributed by atoms with E-state index in [4.69, 9.17) is 5.11 Å². The highest BCUT2D eigenvalue weighted by molar-refractivity contribution is 5.70. The van der Waals surface area contributed by atoms with Crippen molar-refractivity contribution in [3.63, 3.8) is 0 Å². The molecule has 0 amide bonds. The van der Waals surface area contributed by atoms with Crippen molar-refractivity contribution >= 4 is 5.97 Å². The summed E-state index contributed by atoms with van der Waals surface area (Å²) in [6.45, 7) is -0.475. The van der Waals surface area contributed by atoms with Crippen molar-refractivity contribution < 1.29 is 14.3 Å². The normalized spacial score (nSPS) is 31.7. The molecule has 0 aliphatic heterocycles. The third-order valence-corrected chi connectivity index (χ3v) is 2.42. The van der Waals surface area contributed by atoms with Gasteiger partial charge in [-0.2, -0.15) is 0 Å². The highest BCUT2D eigenvalue weighted by Gasteiger charge is 2.30. The minimum Gasteiger partial charge on any atom is -0.481 e. The van der Waals surface area contributed by atoms with Crippen LogP contribution in [0.4, 0.5) is 4.39 Å². The van der Waals surface area contributed by atoms with Crippen molar-refractivity contribution in [2.45, 2.75) is 25.7 Å². The topological polar surface area (TPSA) is 37.3 Å². The second kappa shape index (κ2) is 3.69. The monoisotopic (exact) mass is 160 g/mol. The second-order valence-corrected chi connectivity index (χ2v) is 3.14. The maximum atomic E-state index is 12.2. The maximum absolute atomic E-state index is 12.2. The molecule has 1 rings (SSSR count). The maximum Gasteiger partial charge on any atom is 0.306 e. The SMILES string of the molecule is O=C(O)C1CCCCC1CF. The summed E-state index contributed by atoms with van der Waals surface area (Å²) in [6, 6.07) is 0.